The molecule has 4 aromatic carbocycles. The van der Waals surface area contributed by atoms with E-state index in [1.54, 1.807) is 43.4 Å². The molecule has 53 heavy (non-hydrogen) atoms. The summed E-state index contributed by atoms with van der Waals surface area (Å²) in [5, 5.41) is 22.9. The molecule has 18 heteroatoms. The van der Waals surface area contributed by atoms with Gasteiger partial charge in [-0.25, -0.2) is 18.1 Å². The van der Waals surface area contributed by atoms with Crippen LogP contribution in [0.25, 0.3) is 0 Å². The highest BCUT2D eigenvalue weighted by Gasteiger charge is 2.36. The number of anilines is 2. The van der Waals surface area contributed by atoms with Gasteiger partial charge in [-0.1, -0.05) is 36.4 Å². The molecule has 16 nitrogen and oxygen atoms in total. The lowest BCUT2D eigenvalue weighted by Gasteiger charge is -2.16. The van der Waals surface area contributed by atoms with Crippen molar-refractivity contribution < 1.29 is 46.2 Å². The van der Waals surface area contributed by atoms with Gasteiger partial charge < -0.3 is 21.3 Å². The predicted octanol–water partition coefficient (Wildman–Crippen LogP) is 1.18. The Balaban J connectivity index is 0.000000204. The Morgan fingerprint density at radius 2 is 1.00 bits per heavy atom. The standard InChI is InChI=1S/C18H19N3O5S.C17H17N3O5S/c1-19-18(24)14-7-4-12(5-8-14)2-3-13-6-9-15(16(22)10-13)21-11-17(23)20-27(21,25)26;18-17(23)13-6-3-11(4-7-13)1-2-12-5-8-14(15(21)9-12)20-10-16(22)19-26(20,24)25/h4-10,22H,2-3,11H2,1H3,(H,19,24)(H,20,23);3-9,21H,1-2,10H2,(H2,18,23)(H,19,22). The summed E-state index contributed by atoms with van der Waals surface area (Å²) in [7, 11) is -6.33. The first-order valence-electron chi connectivity index (χ1n) is 16.1. The van der Waals surface area contributed by atoms with Crippen molar-refractivity contribution in [3.8, 4) is 11.5 Å². The number of carbonyl (C=O) groups is 4. The number of carbonyl (C=O) groups excluding carboxylic acids is 4. The van der Waals surface area contributed by atoms with E-state index in [1.807, 2.05) is 33.7 Å². The van der Waals surface area contributed by atoms with E-state index in [1.165, 1.54) is 24.3 Å². The third-order valence-corrected chi connectivity index (χ3v) is 11.1. The molecular weight excluding hydrogens is 729 g/mol. The zero-order valence-electron chi connectivity index (χ0n) is 28.3. The molecule has 2 saturated heterocycles. The Bertz CT molecular complexity index is 2280. The number of phenols is 2. The van der Waals surface area contributed by atoms with Gasteiger partial charge in [0, 0.05) is 18.2 Å². The summed E-state index contributed by atoms with van der Waals surface area (Å²) in [5.41, 5.74) is 9.99. The molecule has 0 aliphatic carbocycles. The Morgan fingerprint density at radius 1 is 0.642 bits per heavy atom. The molecule has 0 unspecified atom stereocenters. The lowest BCUT2D eigenvalue weighted by atomic mass is 10.0. The maximum Gasteiger partial charge on any atom is 0.326 e. The van der Waals surface area contributed by atoms with Crippen molar-refractivity contribution in [3.05, 3.63) is 118 Å². The van der Waals surface area contributed by atoms with E-state index in [-0.39, 0.29) is 41.9 Å². The van der Waals surface area contributed by atoms with E-state index >= 15 is 0 Å². The summed E-state index contributed by atoms with van der Waals surface area (Å²) in [6, 6.07) is 23.5. The highest BCUT2D eigenvalue weighted by molar-refractivity contribution is 7.92. The Hall–Kier alpha value is -6.14. The van der Waals surface area contributed by atoms with Crippen LogP contribution < -0.4 is 29.1 Å². The Labute approximate surface area is 305 Å². The van der Waals surface area contributed by atoms with Gasteiger partial charge in [0.25, 0.3) is 17.7 Å². The molecule has 0 aromatic heterocycles. The molecule has 4 aromatic rings. The van der Waals surface area contributed by atoms with Crippen molar-refractivity contribution in [1.82, 2.24) is 14.8 Å². The molecule has 2 aliphatic heterocycles. The number of aromatic hydroxyl groups is 2. The largest absolute Gasteiger partial charge is 0.506 e. The molecular formula is C35H36N6O10S2. The van der Waals surface area contributed by atoms with Crippen LogP contribution in [0.3, 0.4) is 0 Å². The third kappa shape index (κ3) is 9.21. The van der Waals surface area contributed by atoms with E-state index in [9.17, 15) is 46.2 Å². The predicted molar refractivity (Wildman–Crippen MR) is 195 cm³/mol. The zero-order valence-corrected chi connectivity index (χ0v) is 29.9. The number of benzene rings is 4. The number of rotatable bonds is 10. The molecule has 278 valence electrons. The SMILES string of the molecule is CNC(=O)c1ccc(CCc2ccc(N3CC(=O)NS3(=O)=O)c(O)c2)cc1.NC(=O)c1ccc(CCc2ccc(N3CC(=O)NS3(=O)=O)c(O)c2)cc1. The normalized spacial score (nSPS) is 15.6. The minimum Gasteiger partial charge on any atom is -0.506 e. The van der Waals surface area contributed by atoms with Gasteiger partial charge in [0.1, 0.15) is 24.6 Å². The first kappa shape index (κ1) is 38.1. The van der Waals surface area contributed by atoms with E-state index in [0.29, 0.717) is 36.8 Å². The number of nitrogens with zero attached hydrogens (tertiary/aromatic N) is 2. The fourth-order valence-electron chi connectivity index (χ4n) is 5.57. The summed E-state index contributed by atoms with van der Waals surface area (Å²) >= 11 is 0. The van der Waals surface area contributed by atoms with Crippen LogP contribution >= 0.6 is 0 Å². The van der Waals surface area contributed by atoms with Gasteiger partial charge in [-0.3, -0.25) is 19.2 Å². The highest BCUT2D eigenvalue weighted by Crippen LogP contribution is 2.33. The molecule has 2 aliphatic rings. The number of aryl methyl sites for hydroxylation is 4. The lowest BCUT2D eigenvalue weighted by Crippen LogP contribution is -2.29. The van der Waals surface area contributed by atoms with Gasteiger partial charge in [-0.2, -0.15) is 16.8 Å². The quantitative estimate of drug-likeness (QED) is 0.135. The summed E-state index contributed by atoms with van der Waals surface area (Å²) < 4.78 is 52.8. The molecule has 6 rings (SSSR count). The number of hydrogen-bond acceptors (Lipinski definition) is 10. The number of amides is 4. The zero-order chi connectivity index (χ0) is 38.5. The number of phenolic OH excluding ortho intramolecular Hbond substituents is 2. The first-order chi connectivity index (χ1) is 25.1. The van der Waals surface area contributed by atoms with Crippen LogP contribution in [0.2, 0.25) is 0 Å². The van der Waals surface area contributed by atoms with Crippen molar-refractivity contribution in [2.75, 3.05) is 28.7 Å². The van der Waals surface area contributed by atoms with Crippen molar-refractivity contribution in [2.45, 2.75) is 25.7 Å². The van der Waals surface area contributed by atoms with E-state index in [4.69, 9.17) is 5.73 Å². The second-order valence-corrected chi connectivity index (χ2v) is 15.2. The average Bonchev–Trinajstić information content (AvgIpc) is 3.56. The van der Waals surface area contributed by atoms with Crippen LogP contribution in [-0.4, -0.2) is 70.8 Å². The molecule has 7 N–H and O–H groups in total. The third-order valence-electron chi connectivity index (χ3n) is 8.34. The van der Waals surface area contributed by atoms with Crippen LogP contribution in [0.4, 0.5) is 11.4 Å². The Morgan fingerprint density at radius 3 is 1.32 bits per heavy atom. The smallest absolute Gasteiger partial charge is 0.326 e. The molecule has 2 fully saturated rings. The highest BCUT2D eigenvalue weighted by atomic mass is 32.2. The summed E-state index contributed by atoms with van der Waals surface area (Å²) in [4.78, 5) is 45.2. The fraction of sp³-hybridized carbons (Fsp3) is 0.200. The molecule has 0 atom stereocenters. The monoisotopic (exact) mass is 764 g/mol. The molecule has 2 heterocycles. The van der Waals surface area contributed by atoms with Gasteiger partial charge in [-0.05, 0) is 96.5 Å². The number of nitrogens with two attached hydrogens (primary N) is 1. The maximum atomic E-state index is 11.9. The number of primary amides is 1. The van der Waals surface area contributed by atoms with Crippen molar-refractivity contribution in [1.29, 1.82) is 0 Å². The first-order valence-corrected chi connectivity index (χ1v) is 18.9. The Kier molecular flexibility index (Phi) is 11.2. The molecule has 0 radical (unpaired) electrons. The van der Waals surface area contributed by atoms with Crippen molar-refractivity contribution >= 4 is 55.4 Å². The summed E-state index contributed by atoms with van der Waals surface area (Å²) in [6.45, 7) is -0.714. The van der Waals surface area contributed by atoms with Crippen LogP contribution in [0.15, 0.2) is 84.9 Å². The van der Waals surface area contributed by atoms with E-state index in [2.05, 4.69) is 5.32 Å². The van der Waals surface area contributed by atoms with Crippen molar-refractivity contribution in [3.63, 3.8) is 0 Å². The average molecular weight is 765 g/mol. The van der Waals surface area contributed by atoms with Gasteiger partial charge in [0.15, 0.2) is 0 Å². The van der Waals surface area contributed by atoms with Crippen molar-refractivity contribution in [2.24, 2.45) is 5.73 Å². The van der Waals surface area contributed by atoms with Crippen LogP contribution in [0.5, 0.6) is 11.5 Å². The number of nitrogens with one attached hydrogen (secondary N) is 3. The summed E-state index contributed by atoms with van der Waals surface area (Å²) in [6.07, 6.45) is 2.58. The molecule has 0 bridgehead atoms. The lowest BCUT2D eigenvalue weighted by molar-refractivity contribution is -0.118. The van der Waals surface area contributed by atoms with Gasteiger partial charge in [0.2, 0.25) is 5.91 Å². The van der Waals surface area contributed by atoms with Gasteiger partial charge in [-0.15, -0.1) is 0 Å². The van der Waals surface area contributed by atoms with Crippen LogP contribution in [0, 0.1) is 0 Å². The summed E-state index contributed by atoms with van der Waals surface area (Å²) in [5.74, 6) is -2.34. The van der Waals surface area contributed by atoms with Gasteiger partial charge >= 0.3 is 20.4 Å². The molecule has 0 spiro atoms. The minimum absolute atomic E-state index is 0.0536. The van der Waals surface area contributed by atoms with E-state index in [0.717, 1.165) is 30.9 Å². The van der Waals surface area contributed by atoms with Gasteiger partial charge in [0.05, 0.1) is 11.4 Å². The second kappa shape index (κ2) is 15.6. The van der Waals surface area contributed by atoms with E-state index < -0.39 is 38.1 Å². The minimum atomic E-state index is -3.96. The second-order valence-electron chi connectivity index (χ2n) is 12.1. The number of hydrogen-bond donors (Lipinski definition) is 6. The fourth-order valence-corrected chi connectivity index (χ4v) is 7.90. The van der Waals surface area contributed by atoms with Crippen LogP contribution in [-0.2, 0) is 55.7 Å². The maximum absolute atomic E-state index is 11.9. The molecule has 0 saturated carbocycles. The topological polar surface area (TPSA) is 246 Å². The van der Waals surface area contributed by atoms with Crippen LogP contribution in [0.1, 0.15) is 43.0 Å². The molecule has 4 amide bonds.